The quantitative estimate of drug-likeness (QED) is 0.387. The van der Waals surface area contributed by atoms with E-state index in [1.165, 1.54) is 0 Å². The molecule has 0 bridgehead atoms. The van der Waals surface area contributed by atoms with Gasteiger partial charge in [-0.15, -0.1) is 0 Å². The summed E-state index contributed by atoms with van der Waals surface area (Å²) in [5, 5.41) is 2.52. The van der Waals surface area contributed by atoms with Crippen LogP contribution in [-0.4, -0.2) is 38.4 Å². The number of hydrogen-bond acceptors (Lipinski definition) is 4. The smallest absolute Gasteiger partial charge is 0.248 e. The first-order chi connectivity index (χ1) is 8.86. The molecule has 0 saturated carbocycles. The first kappa shape index (κ1) is 19.7. The number of amides is 2. The van der Waals surface area contributed by atoms with E-state index in [1.54, 1.807) is 6.92 Å². The summed E-state index contributed by atoms with van der Waals surface area (Å²) in [5.41, 5.74) is 5.67. The molecule has 0 rings (SSSR count). The number of nitrogens with one attached hydrogen (secondary N) is 1. The second kappa shape index (κ2) is 12.8. The summed E-state index contributed by atoms with van der Waals surface area (Å²) in [5.74, 6) is -0.656. The van der Waals surface area contributed by atoms with E-state index in [4.69, 9.17) is 15.2 Å². The molecule has 0 heterocycles. The molecule has 0 spiro atoms. The molecule has 0 aliphatic heterocycles. The maximum Gasteiger partial charge on any atom is 0.248 e. The first-order valence-electron chi connectivity index (χ1n) is 5.93. The van der Waals surface area contributed by atoms with E-state index in [0.717, 1.165) is 0 Å². The van der Waals surface area contributed by atoms with E-state index in [2.05, 4.69) is 18.5 Å². The summed E-state index contributed by atoms with van der Waals surface area (Å²) < 4.78 is 9.74. The highest BCUT2D eigenvalue weighted by atomic mass is 16.5. The molecular formula is C13H24N2O4. The van der Waals surface area contributed by atoms with Gasteiger partial charge in [0.25, 0.3) is 0 Å². The Morgan fingerprint density at radius 2 is 1.68 bits per heavy atom. The summed E-state index contributed by atoms with van der Waals surface area (Å²) in [6, 6.07) is 0. The van der Waals surface area contributed by atoms with Crippen LogP contribution in [0.25, 0.3) is 0 Å². The highest BCUT2D eigenvalue weighted by Gasteiger charge is 1.98. The number of nitrogens with two attached hydrogens (primary N) is 1. The summed E-state index contributed by atoms with van der Waals surface area (Å²) in [7, 11) is 0. The van der Waals surface area contributed by atoms with Crippen LogP contribution in [0.2, 0.25) is 0 Å². The van der Waals surface area contributed by atoms with Crippen molar-refractivity contribution in [1.29, 1.82) is 0 Å². The third-order valence-electron chi connectivity index (χ3n) is 1.76. The van der Waals surface area contributed by atoms with Gasteiger partial charge >= 0.3 is 0 Å². The molecule has 19 heavy (non-hydrogen) atoms. The standard InChI is InChI=1S/C7H13NO2.C6H11NO2/c1-4-10-5-8-7(9)6(2)3;1-3-9-4-5(2)6(7)8/h2,4-5H2,1,3H3,(H,8,9);2-4H2,1H3,(H2,7,8). The Balaban J connectivity index is 0. The van der Waals surface area contributed by atoms with Crippen LogP contribution in [0.3, 0.4) is 0 Å². The molecule has 0 unspecified atom stereocenters. The van der Waals surface area contributed by atoms with Gasteiger partial charge in [0.15, 0.2) is 0 Å². The lowest BCUT2D eigenvalue weighted by Crippen LogP contribution is -2.26. The molecule has 0 aromatic carbocycles. The molecule has 0 atom stereocenters. The number of carbonyl (C=O) groups excluding carboxylic acids is 2. The van der Waals surface area contributed by atoms with Gasteiger partial charge in [-0.1, -0.05) is 13.2 Å². The van der Waals surface area contributed by atoms with Gasteiger partial charge in [0.1, 0.15) is 6.73 Å². The lowest BCUT2D eigenvalue weighted by Gasteiger charge is -2.02. The average molecular weight is 272 g/mol. The molecule has 0 fully saturated rings. The molecule has 3 N–H and O–H groups in total. The van der Waals surface area contributed by atoms with Crippen LogP contribution in [-0.2, 0) is 19.1 Å². The molecule has 0 saturated heterocycles. The summed E-state index contributed by atoms with van der Waals surface area (Å²) in [6.07, 6.45) is 0. The van der Waals surface area contributed by atoms with Crippen LogP contribution in [0.5, 0.6) is 0 Å². The molecule has 0 radical (unpaired) electrons. The Hall–Kier alpha value is -1.66. The van der Waals surface area contributed by atoms with Crippen LogP contribution in [0.4, 0.5) is 0 Å². The van der Waals surface area contributed by atoms with Gasteiger partial charge in [0.2, 0.25) is 11.8 Å². The van der Waals surface area contributed by atoms with E-state index >= 15 is 0 Å². The maximum atomic E-state index is 10.7. The lowest BCUT2D eigenvalue weighted by molar-refractivity contribution is -0.119. The van der Waals surface area contributed by atoms with Gasteiger partial charge in [-0.05, 0) is 20.8 Å². The SMILES string of the molecule is C=C(C)C(=O)NCOCC.C=C(COCC)C(N)=O. The zero-order valence-electron chi connectivity index (χ0n) is 12.0. The predicted molar refractivity (Wildman–Crippen MR) is 74.3 cm³/mol. The van der Waals surface area contributed by atoms with Crippen LogP contribution in [0, 0.1) is 0 Å². The number of rotatable bonds is 8. The van der Waals surface area contributed by atoms with Crippen LogP contribution in [0.15, 0.2) is 24.3 Å². The van der Waals surface area contributed by atoms with Crippen molar-refractivity contribution in [2.75, 3.05) is 26.6 Å². The fourth-order valence-corrected chi connectivity index (χ4v) is 0.666. The van der Waals surface area contributed by atoms with Crippen molar-refractivity contribution < 1.29 is 19.1 Å². The van der Waals surface area contributed by atoms with Crippen molar-refractivity contribution in [1.82, 2.24) is 5.32 Å². The normalized spacial score (nSPS) is 9.00. The predicted octanol–water partition coefficient (Wildman–Crippen LogP) is 0.737. The third-order valence-corrected chi connectivity index (χ3v) is 1.76. The fourth-order valence-electron chi connectivity index (χ4n) is 0.666. The van der Waals surface area contributed by atoms with Gasteiger partial charge in [-0.3, -0.25) is 9.59 Å². The first-order valence-corrected chi connectivity index (χ1v) is 5.93. The molecular weight excluding hydrogens is 248 g/mol. The van der Waals surface area contributed by atoms with Crippen LogP contribution in [0.1, 0.15) is 20.8 Å². The zero-order chi connectivity index (χ0) is 15.3. The van der Waals surface area contributed by atoms with Gasteiger partial charge in [0.05, 0.1) is 6.61 Å². The minimum atomic E-state index is -0.497. The van der Waals surface area contributed by atoms with Crippen molar-refractivity contribution in [2.45, 2.75) is 20.8 Å². The van der Waals surface area contributed by atoms with E-state index in [0.29, 0.717) is 24.4 Å². The largest absolute Gasteiger partial charge is 0.377 e. The minimum absolute atomic E-state index is 0.159. The van der Waals surface area contributed by atoms with Crippen LogP contribution >= 0.6 is 0 Å². The van der Waals surface area contributed by atoms with Crippen molar-refractivity contribution in [2.24, 2.45) is 5.73 Å². The number of primary amides is 1. The van der Waals surface area contributed by atoms with Crippen molar-refractivity contribution >= 4 is 11.8 Å². The van der Waals surface area contributed by atoms with E-state index in [-0.39, 0.29) is 19.2 Å². The monoisotopic (exact) mass is 272 g/mol. The fraction of sp³-hybridized carbons (Fsp3) is 0.538. The second-order valence-electron chi connectivity index (χ2n) is 3.53. The van der Waals surface area contributed by atoms with E-state index in [1.807, 2.05) is 13.8 Å². The molecule has 2 amide bonds. The number of hydrogen-bond donors (Lipinski definition) is 2. The summed E-state index contributed by atoms with van der Waals surface area (Å²) >= 11 is 0. The Morgan fingerprint density at radius 1 is 1.16 bits per heavy atom. The van der Waals surface area contributed by atoms with Crippen molar-refractivity contribution in [3.8, 4) is 0 Å². The second-order valence-corrected chi connectivity index (χ2v) is 3.53. The molecule has 0 aromatic heterocycles. The Bertz CT molecular complexity index is 314. The van der Waals surface area contributed by atoms with Gasteiger partial charge in [-0.2, -0.15) is 0 Å². The molecule has 0 aromatic rings. The number of carbonyl (C=O) groups is 2. The average Bonchev–Trinajstić information content (AvgIpc) is 2.36. The highest BCUT2D eigenvalue weighted by Crippen LogP contribution is 1.87. The minimum Gasteiger partial charge on any atom is -0.377 e. The van der Waals surface area contributed by atoms with Gasteiger partial charge < -0.3 is 20.5 Å². The highest BCUT2D eigenvalue weighted by molar-refractivity contribution is 5.92. The molecule has 0 aliphatic carbocycles. The summed E-state index contributed by atoms with van der Waals surface area (Å²) in [6.45, 7) is 13.9. The van der Waals surface area contributed by atoms with Gasteiger partial charge in [-0.25, -0.2) is 0 Å². The van der Waals surface area contributed by atoms with E-state index in [9.17, 15) is 9.59 Å². The van der Waals surface area contributed by atoms with Crippen LogP contribution < -0.4 is 11.1 Å². The Morgan fingerprint density at radius 3 is 2.05 bits per heavy atom. The maximum absolute atomic E-state index is 10.7. The number of ether oxygens (including phenoxy) is 2. The molecule has 6 heteroatoms. The Labute approximate surface area is 114 Å². The summed E-state index contributed by atoms with van der Waals surface area (Å²) in [4.78, 5) is 21.0. The van der Waals surface area contributed by atoms with Crippen molar-refractivity contribution in [3.63, 3.8) is 0 Å². The lowest BCUT2D eigenvalue weighted by atomic mass is 10.3. The topological polar surface area (TPSA) is 90.7 Å². The molecule has 0 aliphatic rings. The molecule has 110 valence electrons. The third kappa shape index (κ3) is 14.3. The zero-order valence-corrected chi connectivity index (χ0v) is 12.0. The molecule has 6 nitrogen and oxygen atoms in total. The Kier molecular flexibility index (Phi) is 13.2. The van der Waals surface area contributed by atoms with Crippen molar-refractivity contribution in [3.05, 3.63) is 24.3 Å². The van der Waals surface area contributed by atoms with E-state index < -0.39 is 5.91 Å². The van der Waals surface area contributed by atoms with Gasteiger partial charge in [0, 0.05) is 24.4 Å².